The number of hydrogen-bond donors (Lipinski definition) is 6. The molecule has 0 aromatic rings. The Labute approximate surface area is 196 Å². The van der Waals surface area contributed by atoms with Crippen LogP contribution in [0.15, 0.2) is 0 Å². The molecule has 33 heavy (non-hydrogen) atoms. The lowest BCUT2D eigenvalue weighted by molar-refractivity contribution is -0.207. The van der Waals surface area contributed by atoms with Crippen LogP contribution in [-0.4, -0.2) is 61.1 Å². The molecule has 4 rings (SSSR count). The molecule has 8 nitrogen and oxygen atoms in total. The van der Waals surface area contributed by atoms with Crippen LogP contribution in [0.2, 0.25) is 0 Å². The lowest BCUT2D eigenvalue weighted by atomic mass is 9.43. The van der Waals surface area contributed by atoms with Gasteiger partial charge < -0.3 is 30.6 Å². The third-order valence-electron chi connectivity index (χ3n) is 10.3. The first kappa shape index (κ1) is 26.2. The van der Waals surface area contributed by atoms with E-state index in [2.05, 4.69) is 20.8 Å². The van der Waals surface area contributed by atoms with E-state index < -0.39 is 18.2 Å². The van der Waals surface area contributed by atoms with Crippen LogP contribution in [-0.2, 0) is 4.79 Å². The highest BCUT2D eigenvalue weighted by atomic mass is 16.6. The summed E-state index contributed by atoms with van der Waals surface area (Å²) in [6.45, 7) is 6.72. The van der Waals surface area contributed by atoms with E-state index in [-0.39, 0.29) is 41.3 Å². The van der Waals surface area contributed by atoms with E-state index in [4.69, 9.17) is 20.1 Å². The number of carbonyl (C=O) groups is 2. The number of aliphatic carboxylic acids is 1. The number of carboxylic acid groups (broad SMARTS) is 3. The Hall–Kier alpha value is -1.38. The second-order valence-corrected chi connectivity index (χ2v) is 11.7. The van der Waals surface area contributed by atoms with Gasteiger partial charge in [0, 0.05) is 6.42 Å². The average molecular weight is 471 g/mol. The zero-order valence-corrected chi connectivity index (χ0v) is 20.1. The summed E-state index contributed by atoms with van der Waals surface area (Å²) < 4.78 is 0. The molecule has 4 saturated carbocycles. The summed E-state index contributed by atoms with van der Waals surface area (Å²) in [5.74, 6) is 0.997. The van der Waals surface area contributed by atoms with Crippen molar-refractivity contribution in [3.63, 3.8) is 0 Å². The molecule has 0 amide bonds. The highest BCUT2D eigenvalue weighted by Gasteiger charge is 2.65. The molecule has 0 saturated heterocycles. The Morgan fingerprint density at radius 2 is 1.58 bits per heavy atom. The first-order valence-corrected chi connectivity index (χ1v) is 12.5. The standard InChI is InChI=1S/C24H40O5.CH2O3/c1-13(4-7-21(28)29)16-5-6-17-22-18(12-20(27)24(16,17)3)23(2)9-8-15(25)10-14(23)11-19(22)26;2-1(3)4/h13-20,22,25-27H,4-12H2,1-3H3,(H,28,29);(H2,2,3,4)/t13-,14+,15-,16-,17?,18?,19-,20+,22?,23+,24-;/m1./s1. The Bertz CT molecular complexity index is 723. The van der Waals surface area contributed by atoms with Gasteiger partial charge in [0.25, 0.3) is 0 Å². The predicted molar refractivity (Wildman–Crippen MR) is 121 cm³/mol. The van der Waals surface area contributed by atoms with Gasteiger partial charge in [0.2, 0.25) is 0 Å². The number of aliphatic hydroxyl groups excluding tert-OH is 3. The molecule has 0 aromatic heterocycles. The van der Waals surface area contributed by atoms with Crippen molar-refractivity contribution in [1.82, 2.24) is 0 Å². The van der Waals surface area contributed by atoms with Gasteiger partial charge >= 0.3 is 12.1 Å². The molecule has 0 spiro atoms. The smallest absolute Gasteiger partial charge is 0.481 e. The fraction of sp³-hybridized carbons (Fsp3) is 0.920. The highest BCUT2D eigenvalue weighted by molar-refractivity contribution is 5.66. The van der Waals surface area contributed by atoms with Crippen molar-refractivity contribution in [2.24, 2.45) is 46.3 Å². The molecule has 3 unspecified atom stereocenters. The number of aliphatic hydroxyl groups is 3. The molecule has 0 aliphatic heterocycles. The molecule has 0 heterocycles. The second kappa shape index (κ2) is 9.70. The lowest BCUT2D eigenvalue weighted by Gasteiger charge is -2.63. The van der Waals surface area contributed by atoms with Crippen molar-refractivity contribution in [2.45, 2.75) is 96.9 Å². The van der Waals surface area contributed by atoms with E-state index in [9.17, 15) is 20.1 Å². The van der Waals surface area contributed by atoms with E-state index in [0.29, 0.717) is 30.1 Å². The molecule has 190 valence electrons. The van der Waals surface area contributed by atoms with Gasteiger partial charge in [-0.3, -0.25) is 4.79 Å². The Balaban J connectivity index is 0.000000709. The van der Waals surface area contributed by atoms with Crippen molar-refractivity contribution in [3.8, 4) is 0 Å². The van der Waals surface area contributed by atoms with Crippen LogP contribution < -0.4 is 0 Å². The molecule has 4 aliphatic rings. The normalized spacial score (nSPS) is 47.2. The van der Waals surface area contributed by atoms with Gasteiger partial charge in [0.15, 0.2) is 0 Å². The van der Waals surface area contributed by atoms with Crippen LogP contribution in [0.4, 0.5) is 4.79 Å². The van der Waals surface area contributed by atoms with Crippen LogP contribution in [0.3, 0.4) is 0 Å². The Morgan fingerprint density at radius 3 is 2.18 bits per heavy atom. The Kier molecular flexibility index (Phi) is 7.71. The Morgan fingerprint density at radius 1 is 0.939 bits per heavy atom. The molecule has 6 N–H and O–H groups in total. The predicted octanol–water partition coefficient (Wildman–Crippen LogP) is 3.67. The van der Waals surface area contributed by atoms with Crippen molar-refractivity contribution >= 4 is 12.1 Å². The summed E-state index contributed by atoms with van der Waals surface area (Å²) in [5.41, 5.74) is -0.143. The zero-order chi connectivity index (χ0) is 24.7. The summed E-state index contributed by atoms with van der Waals surface area (Å²) in [7, 11) is 0. The molecule has 4 aliphatic carbocycles. The third-order valence-corrected chi connectivity index (χ3v) is 10.3. The minimum Gasteiger partial charge on any atom is -0.481 e. The maximum Gasteiger partial charge on any atom is 0.503 e. The van der Waals surface area contributed by atoms with E-state index >= 15 is 0 Å². The maximum absolute atomic E-state index is 11.5. The van der Waals surface area contributed by atoms with Gasteiger partial charge in [-0.1, -0.05) is 20.8 Å². The summed E-state index contributed by atoms with van der Waals surface area (Å²) in [6.07, 6.45) is 4.17. The summed E-state index contributed by atoms with van der Waals surface area (Å²) in [4.78, 5) is 19.6. The van der Waals surface area contributed by atoms with Gasteiger partial charge in [0.05, 0.1) is 18.3 Å². The largest absolute Gasteiger partial charge is 0.503 e. The van der Waals surface area contributed by atoms with E-state index in [1.165, 1.54) is 0 Å². The number of carboxylic acids is 1. The maximum atomic E-state index is 11.5. The van der Waals surface area contributed by atoms with Crippen LogP contribution in [0.5, 0.6) is 0 Å². The first-order chi connectivity index (χ1) is 15.3. The molecule has 8 heteroatoms. The molecule has 0 radical (unpaired) electrons. The molecule has 4 fully saturated rings. The SMILES string of the molecule is C[C@H](CCC(=O)O)[C@H]1CCC2C3C(C[C@H](O)[C@@]21C)[C@@]1(C)CC[C@@H](O)C[C@H]1C[C@H]3O.O=C(O)O. The number of rotatable bonds is 4. The van der Waals surface area contributed by atoms with Crippen molar-refractivity contribution < 1.29 is 40.2 Å². The monoisotopic (exact) mass is 470 g/mol. The van der Waals surface area contributed by atoms with Gasteiger partial charge in [-0.15, -0.1) is 0 Å². The minimum atomic E-state index is -1.83. The number of hydrogen-bond acceptors (Lipinski definition) is 5. The van der Waals surface area contributed by atoms with Gasteiger partial charge in [-0.2, -0.15) is 0 Å². The van der Waals surface area contributed by atoms with Crippen LogP contribution in [0.25, 0.3) is 0 Å². The zero-order valence-electron chi connectivity index (χ0n) is 20.1. The highest BCUT2D eigenvalue weighted by Crippen LogP contribution is 2.68. The van der Waals surface area contributed by atoms with Crippen molar-refractivity contribution in [1.29, 1.82) is 0 Å². The number of fused-ring (bicyclic) bond motifs is 5. The quantitative estimate of drug-likeness (QED) is 0.363. The van der Waals surface area contributed by atoms with E-state index in [1.54, 1.807) is 0 Å². The molecule has 0 bridgehead atoms. The van der Waals surface area contributed by atoms with E-state index in [0.717, 1.165) is 44.9 Å². The van der Waals surface area contributed by atoms with Gasteiger partial charge in [-0.25, -0.2) is 4.79 Å². The topological polar surface area (TPSA) is 156 Å². The van der Waals surface area contributed by atoms with Gasteiger partial charge in [0.1, 0.15) is 0 Å². The third kappa shape index (κ3) is 4.76. The summed E-state index contributed by atoms with van der Waals surface area (Å²) in [6, 6.07) is 0. The fourth-order valence-corrected chi connectivity index (χ4v) is 8.68. The van der Waals surface area contributed by atoms with Gasteiger partial charge in [-0.05, 0) is 97.7 Å². The second-order valence-electron chi connectivity index (χ2n) is 11.7. The lowest BCUT2D eigenvalue weighted by Crippen LogP contribution is -2.62. The summed E-state index contributed by atoms with van der Waals surface area (Å²) in [5, 5.41) is 56.0. The van der Waals surface area contributed by atoms with Crippen LogP contribution in [0.1, 0.15) is 78.6 Å². The first-order valence-electron chi connectivity index (χ1n) is 12.5. The van der Waals surface area contributed by atoms with Crippen molar-refractivity contribution in [2.75, 3.05) is 0 Å². The fourth-order valence-electron chi connectivity index (χ4n) is 8.68. The van der Waals surface area contributed by atoms with Crippen LogP contribution in [0, 0.1) is 46.3 Å². The van der Waals surface area contributed by atoms with Crippen molar-refractivity contribution in [3.05, 3.63) is 0 Å². The average Bonchev–Trinajstić information content (AvgIpc) is 3.06. The molecule has 11 atom stereocenters. The summed E-state index contributed by atoms with van der Waals surface area (Å²) >= 11 is 0. The molecular weight excluding hydrogens is 428 g/mol. The van der Waals surface area contributed by atoms with E-state index in [1.807, 2.05) is 0 Å². The van der Waals surface area contributed by atoms with Crippen LogP contribution >= 0.6 is 0 Å². The minimum absolute atomic E-state index is 0.0957. The molecule has 0 aromatic carbocycles. The molecular formula is C25H42O8.